The van der Waals surface area contributed by atoms with Crippen LogP contribution >= 0.6 is 11.6 Å². The van der Waals surface area contributed by atoms with E-state index in [2.05, 4.69) is 0 Å². The third-order valence-corrected chi connectivity index (χ3v) is 3.54. The topological polar surface area (TPSA) is 49.7 Å². The van der Waals surface area contributed by atoms with Crippen LogP contribution in [-0.4, -0.2) is 16.3 Å². The second kappa shape index (κ2) is 4.85. The highest BCUT2D eigenvalue weighted by molar-refractivity contribution is 6.30. The van der Waals surface area contributed by atoms with Gasteiger partial charge >= 0.3 is 0 Å². The van der Waals surface area contributed by atoms with E-state index in [1.54, 1.807) is 36.4 Å². The quantitative estimate of drug-likeness (QED) is 0.842. The van der Waals surface area contributed by atoms with Gasteiger partial charge in [0.05, 0.1) is 0 Å². The Balaban J connectivity index is 2.01. The van der Waals surface area contributed by atoms with Gasteiger partial charge in [0, 0.05) is 10.6 Å². The summed E-state index contributed by atoms with van der Waals surface area (Å²) < 4.78 is 5.79. The number of para-hydroxylation sites is 1. The molecule has 2 N–H and O–H groups in total. The molecule has 0 saturated heterocycles. The van der Waals surface area contributed by atoms with Gasteiger partial charge in [-0.15, -0.1) is 0 Å². The lowest BCUT2D eigenvalue weighted by Gasteiger charge is -2.34. The van der Waals surface area contributed by atoms with Gasteiger partial charge in [-0.25, -0.2) is 0 Å². The summed E-state index contributed by atoms with van der Waals surface area (Å²) >= 11 is 5.95. The number of hydrogen-bond acceptors (Lipinski definition) is 3. The number of aliphatic hydroxyl groups is 2. The third-order valence-electron chi connectivity index (χ3n) is 3.30. The standard InChI is InChI=1S/C15H13ClO3/c16-10-5-3-4-9(8-10)15-14(18)13(17)11-6-1-2-7-12(11)19-15/h1-8,13-15,17-18H/t13-,14-,15+/m0/s1. The zero-order valence-corrected chi connectivity index (χ0v) is 10.8. The van der Waals surface area contributed by atoms with E-state index < -0.39 is 18.3 Å². The van der Waals surface area contributed by atoms with Crippen LogP contribution in [0.25, 0.3) is 0 Å². The van der Waals surface area contributed by atoms with Gasteiger partial charge in [-0.05, 0) is 23.8 Å². The van der Waals surface area contributed by atoms with Crippen LogP contribution in [0, 0.1) is 0 Å². The first-order chi connectivity index (χ1) is 9.16. The highest BCUT2D eigenvalue weighted by Gasteiger charge is 2.36. The molecule has 2 aromatic carbocycles. The van der Waals surface area contributed by atoms with Crippen LogP contribution in [0.15, 0.2) is 48.5 Å². The van der Waals surface area contributed by atoms with Gasteiger partial charge in [0.2, 0.25) is 0 Å². The maximum atomic E-state index is 10.2. The van der Waals surface area contributed by atoms with E-state index in [0.717, 1.165) is 5.56 Å². The van der Waals surface area contributed by atoms with Crippen LogP contribution in [0.5, 0.6) is 5.75 Å². The molecular weight excluding hydrogens is 264 g/mol. The van der Waals surface area contributed by atoms with Crippen molar-refractivity contribution in [2.24, 2.45) is 0 Å². The minimum absolute atomic E-state index is 0.571. The third kappa shape index (κ3) is 2.21. The summed E-state index contributed by atoms with van der Waals surface area (Å²) in [5.41, 5.74) is 1.35. The average molecular weight is 277 g/mol. The smallest absolute Gasteiger partial charge is 0.152 e. The van der Waals surface area contributed by atoms with Gasteiger partial charge in [-0.2, -0.15) is 0 Å². The van der Waals surface area contributed by atoms with E-state index in [1.807, 2.05) is 12.1 Å². The fourth-order valence-electron chi connectivity index (χ4n) is 2.34. The van der Waals surface area contributed by atoms with Crippen molar-refractivity contribution in [3.8, 4) is 5.75 Å². The molecule has 0 aliphatic carbocycles. The minimum Gasteiger partial charge on any atom is -0.482 e. The van der Waals surface area contributed by atoms with Crippen LogP contribution < -0.4 is 4.74 Å². The van der Waals surface area contributed by atoms with Crippen molar-refractivity contribution >= 4 is 11.6 Å². The molecule has 0 saturated carbocycles. The summed E-state index contributed by atoms with van der Waals surface area (Å²) in [6, 6.07) is 14.3. The van der Waals surface area contributed by atoms with Crippen LogP contribution in [0.2, 0.25) is 5.02 Å². The molecule has 4 heteroatoms. The molecule has 1 heterocycles. The van der Waals surface area contributed by atoms with E-state index in [-0.39, 0.29) is 0 Å². The molecule has 1 aliphatic heterocycles. The molecule has 19 heavy (non-hydrogen) atoms. The Bertz CT molecular complexity index is 599. The van der Waals surface area contributed by atoms with Crippen molar-refractivity contribution < 1.29 is 14.9 Å². The Morgan fingerprint density at radius 3 is 2.58 bits per heavy atom. The first kappa shape index (κ1) is 12.5. The summed E-state index contributed by atoms with van der Waals surface area (Å²) in [5, 5.41) is 20.9. The first-order valence-corrected chi connectivity index (χ1v) is 6.42. The lowest BCUT2D eigenvalue weighted by atomic mass is 9.92. The highest BCUT2D eigenvalue weighted by atomic mass is 35.5. The SMILES string of the molecule is O[C@@H]1[C@@H](c2cccc(Cl)c2)Oc2ccccc2[C@@H]1O. The predicted octanol–water partition coefficient (Wildman–Crippen LogP) is 2.87. The van der Waals surface area contributed by atoms with Gasteiger partial charge < -0.3 is 14.9 Å². The van der Waals surface area contributed by atoms with Crippen molar-refractivity contribution in [1.82, 2.24) is 0 Å². The number of hydrogen-bond donors (Lipinski definition) is 2. The van der Waals surface area contributed by atoms with Crippen LogP contribution in [0.4, 0.5) is 0 Å². The van der Waals surface area contributed by atoms with Crippen molar-refractivity contribution in [3.05, 3.63) is 64.7 Å². The Labute approximate surface area is 116 Å². The molecule has 1 aliphatic rings. The lowest BCUT2D eigenvalue weighted by Crippen LogP contribution is -2.34. The van der Waals surface area contributed by atoms with E-state index in [4.69, 9.17) is 16.3 Å². The van der Waals surface area contributed by atoms with Crippen LogP contribution in [-0.2, 0) is 0 Å². The summed E-state index contributed by atoms with van der Waals surface area (Å²) in [6.45, 7) is 0. The molecule has 0 bridgehead atoms. The maximum Gasteiger partial charge on any atom is 0.152 e. The van der Waals surface area contributed by atoms with Gasteiger partial charge in [0.15, 0.2) is 6.10 Å². The predicted molar refractivity (Wildman–Crippen MR) is 72.2 cm³/mol. The summed E-state index contributed by atoms with van der Waals surface area (Å²) in [6.07, 6.45) is -2.61. The Morgan fingerprint density at radius 1 is 1.00 bits per heavy atom. The van der Waals surface area contributed by atoms with Crippen molar-refractivity contribution in [3.63, 3.8) is 0 Å². The normalized spacial score (nSPS) is 25.5. The minimum atomic E-state index is -1.02. The van der Waals surface area contributed by atoms with E-state index in [0.29, 0.717) is 16.3 Å². The first-order valence-electron chi connectivity index (χ1n) is 6.04. The summed E-state index contributed by atoms with van der Waals surface area (Å²) in [5.74, 6) is 0.588. The number of rotatable bonds is 1. The van der Waals surface area contributed by atoms with Gasteiger partial charge in [-0.1, -0.05) is 41.9 Å². The molecule has 98 valence electrons. The van der Waals surface area contributed by atoms with Crippen LogP contribution in [0.1, 0.15) is 23.3 Å². The number of benzene rings is 2. The Hall–Kier alpha value is -1.55. The highest BCUT2D eigenvalue weighted by Crippen LogP contribution is 2.41. The fraction of sp³-hybridized carbons (Fsp3) is 0.200. The van der Waals surface area contributed by atoms with Gasteiger partial charge in [-0.3, -0.25) is 0 Å². The van der Waals surface area contributed by atoms with Crippen molar-refractivity contribution in [2.75, 3.05) is 0 Å². The zero-order valence-electron chi connectivity index (χ0n) is 10.0. The van der Waals surface area contributed by atoms with Gasteiger partial charge in [0.25, 0.3) is 0 Å². The van der Waals surface area contributed by atoms with E-state index in [1.165, 1.54) is 0 Å². The van der Waals surface area contributed by atoms with E-state index in [9.17, 15) is 10.2 Å². The molecule has 3 nitrogen and oxygen atoms in total. The number of fused-ring (bicyclic) bond motifs is 1. The molecule has 0 fully saturated rings. The molecule has 0 spiro atoms. The van der Waals surface area contributed by atoms with E-state index >= 15 is 0 Å². The lowest BCUT2D eigenvalue weighted by molar-refractivity contribution is -0.0699. The number of ether oxygens (including phenoxy) is 1. The second-order valence-corrected chi connectivity index (χ2v) is 5.00. The Morgan fingerprint density at radius 2 is 1.79 bits per heavy atom. The molecule has 0 amide bonds. The zero-order chi connectivity index (χ0) is 13.4. The van der Waals surface area contributed by atoms with Gasteiger partial charge in [0.1, 0.15) is 18.0 Å². The monoisotopic (exact) mass is 276 g/mol. The molecule has 0 radical (unpaired) electrons. The number of aliphatic hydroxyl groups excluding tert-OH is 2. The second-order valence-electron chi connectivity index (χ2n) is 4.57. The molecule has 3 rings (SSSR count). The Kier molecular flexibility index (Phi) is 3.19. The largest absolute Gasteiger partial charge is 0.482 e. The molecule has 3 atom stereocenters. The average Bonchev–Trinajstić information content (AvgIpc) is 2.43. The van der Waals surface area contributed by atoms with Crippen molar-refractivity contribution in [1.29, 1.82) is 0 Å². The molecular formula is C15H13ClO3. The summed E-state index contributed by atoms with van der Waals surface area (Å²) in [7, 11) is 0. The summed E-state index contributed by atoms with van der Waals surface area (Å²) in [4.78, 5) is 0. The fourth-order valence-corrected chi connectivity index (χ4v) is 2.54. The number of halogens is 1. The van der Waals surface area contributed by atoms with Crippen molar-refractivity contribution in [2.45, 2.75) is 18.3 Å². The molecule has 2 aromatic rings. The van der Waals surface area contributed by atoms with Crippen LogP contribution in [0.3, 0.4) is 0 Å². The molecule has 0 unspecified atom stereocenters. The maximum absolute atomic E-state index is 10.2. The molecule has 0 aromatic heterocycles.